The van der Waals surface area contributed by atoms with Crippen molar-refractivity contribution in [3.8, 4) is 0 Å². The first-order valence-corrected chi connectivity index (χ1v) is 8.20. The number of nitrogens with zero attached hydrogens (tertiary/aromatic N) is 1. The molecule has 1 aromatic carbocycles. The van der Waals surface area contributed by atoms with Crippen LogP contribution in [-0.4, -0.2) is 30.4 Å². The van der Waals surface area contributed by atoms with E-state index in [9.17, 15) is 4.79 Å². The van der Waals surface area contributed by atoms with Gasteiger partial charge in [0.25, 0.3) is 0 Å². The minimum Gasteiger partial charge on any atom is -0.343 e. The van der Waals surface area contributed by atoms with Crippen LogP contribution in [-0.2, 0) is 4.79 Å². The van der Waals surface area contributed by atoms with Crippen LogP contribution in [0.3, 0.4) is 0 Å². The van der Waals surface area contributed by atoms with Crippen molar-refractivity contribution < 1.29 is 4.79 Å². The molecule has 1 N–H and O–H groups in total. The molecule has 0 saturated carbocycles. The van der Waals surface area contributed by atoms with Crippen molar-refractivity contribution in [1.29, 1.82) is 0 Å². The number of rotatable bonds is 7. The van der Waals surface area contributed by atoms with Gasteiger partial charge in [0.05, 0.1) is 15.1 Å². The Balaban J connectivity index is 2.57. The van der Waals surface area contributed by atoms with Gasteiger partial charge in [0.2, 0.25) is 5.91 Å². The summed E-state index contributed by atoms with van der Waals surface area (Å²) in [5.74, 6) is 0.153. The van der Waals surface area contributed by atoms with Crippen LogP contribution < -0.4 is 5.32 Å². The largest absolute Gasteiger partial charge is 0.343 e. The van der Waals surface area contributed by atoms with E-state index in [-0.39, 0.29) is 11.9 Å². The molecule has 0 spiro atoms. The third kappa shape index (κ3) is 5.03. The number of amides is 1. The second-order valence-electron chi connectivity index (χ2n) is 4.76. The second kappa shape index (κ2) is 8.84. The van der Waals surface area contributed by atoms with Crippen molar-refractivity contribution in [1.82, 2.24) is 10.2 Å². The Kier molecular flexibility index (Phi) is 7.82. The molecule has 0 aliphatic carbocycles. The smallest absolute Gasteiger partial charge is 0.223 e. The van der Waals surface area contributed by atoms with Gasteiger partial charge in [0.1, 0.15) is 0 Å². The molecule has 1 amide bonds. The van der Waals surface area contributed by atoms with Crippen molar-refractivity contribution in [3.63, 3.8) is 0 Å². The average molecular weight is 352 g/mol. The number of benzene rings is 1. The summed E-state index contributed by atoms with van der Waals surface area (Å²) >= 11 is 18.2. The van der Waals surface area contributed by atoms with Gasteiger partial charge in [0.15, 0.2) is 0 Å². The molecule has 1 unspecified atom stereocenters. The molecule has 0 bridgehead atoms. The van der Waals surface area contributed by atoms with Crippen LogP contribution in [0.4, 0.5) is 0 Å². The van der Waals surface area contributed by atoms with E-state index >= 15 is 0 Å². The summed E-state index contributed by atoms with van der Waals surface area (Å²) in [5.41, 5.74) is 0.876. The molecule has 1 aromatic rings. The van der Waals surface area contributed by atoms with Gasteiger partial charge in [-0.2, -0.15) is 0 Å². The van der Waals surface area contributed by atoms with E-state index in [1.54, 1.807) is 6.07 Å². The average Bonchev–Trinajstić information content (AvgIpc) is 2.46. The van der Waals surface area contributed by atoms with Crippen LogP contribution in [0, 0.1) is 0 Å². The summed E-state index contributed by atoms with van der Waals surface area (Å²) in [4.78, 5) is 13.7. The highest BCUT2D eigenvalue weighted by Crippen LogP contribution is 2.35. The molecule has 0 aliphatic heterocycles. The predicted octanol–water partition coefficient (Wildman–Crippen LogP) is 4.56. The van der Waals surface area contributed by atoms with E-state index in [0.29, 0.717) is 28.0 Å². The maximum atomic E-state index is 11.9. The minimum atomic E-state index is -0.00299. The van der Waals surface area contributed by atoms with E-state index in [2.05, 4.69) is 5.32 Å². The molecule has 1 rings (SSSR count). The summed E-state index contributed by atoms with van der Waals surface area (Å²) in [6.07, 6.45) is 0.463. The molecule has 3 nitrogen and oxygen atoms in total. The Morgan fingerprint density at radius 2 is 1.81 bits per heavy atom. The molecule has 21 heavy (non-hydrogen) atoms. The normalized spacial score (nSPS) is 12.3. The fourth-order valence-electron chi connectivity index (χ4n) is 2.12. The van der Waals surface area contributed by atoms with Gasteiger partial charge in [-0.25, -0.2) is 0 Å². The monoisotopic (exact) mass is 350 g/mol. The molecule has 0 aliphatic rings. The molecule has 118 valence electrons. The van der Waals surface area contributed by atoms with Gasteiger partial charge in [-0.1, -0.05) is 40.9 Å². The number of halogens is 3. The summed E-state index contributed by atoms with van der Waals surface area (Å²) < 4.78 is 0. The highest BCUT2D eigenvalue weighted by atomic mass is 35.5. The third-order valence-corrected chi connectivity index (χ3v) is 4.75. The van der Waals surface area contributed by atoms with Crippen molar-refractivity contribution in [2.45, 2.75) is 33.2 Å². The van der Waals surface area contributed by atoms with E-state index in [1.807, 2.05) is 31.7 Å². The molecular weight excluding hydrogens is 331 g/mol. The van der Waals surface area contributed by atoms with Crippen LogP contribution in [0.15, 0.2) is 12.1 Å². The summed E-state index contributed by atoms with van der Waals surface area (Å²) in [6.45, 7) is 8.01. The van der Waals surface area contributed by atoms with Gasteiger partial charge >= 0.3 is 0 Å². The third-order valence-electron chi connectivity index (χ3n) is 3.44. The number of carbonyl (C=O) groups is 1. The van der Waals surface area contributed by atoms with E-state index in [0.717, 1.165) is 18.7 Å². The minimum absolute atomic E-state index is 0.00299. The zero-order valence-corrected chi connectivity index (χ0v) is 14.8. The van der Waals surface area contributed by atoms with Gasteiger partial charge in [0, 0.05) is 32.1 Å². The molecular formula is C15H21Cl3N2O. The van der Waals surface area contributed by atoms with E-state index in [1.165, 1.54) is 0 Å². The fourth-order valence-corrected chi connectivity index (χ4v) is 2.82. The summed E-state index contributed by atoms with van der Waals surface area (Å²) in [5, 5.41) is 4.55. The Morgan fingerprint density at radius 3 is 2.38 bits per heavy atom. The van der Waals surface area contributed by atoms with Gasteiger partial charge in [-0.3, -0.25) is 4.79 Å². The van der Waals surface area contributed by atoms with Gasteiger partial charge in [-0.05, 0) is 32.4 Å². The lowest BCUT2D eigenvalue weighted by molar-refractivity contribution is -0.130. The predicted molar refractivity (Wildman–Crippen MR) is 90.4 cm³/mol. The zero-order valence-electron chi connectivity index (χ0n) is 12.5. The summed E-state index contributed by atoms with van der Waals surface area (Å²) in [6, 6.07) is 3.57. The molecule has 0 heterocycles. The SMILES string of the molecule is CCN(CC)C(=O)CCNC(C)c1ccc(Cl)c(Cl)c1Cl. The molecule has 6 heteroatoms. The molecule has 1 atom stereocenters. The van der Waals surface area contributed by atoms with Crippen molar-refractivity contribution in [2.75, 3.05) is 19.6 Å². The maximum absolute atomic E-state index is 11.9. The maximum Gasteiger partial charge on any atom is 0.223 e. The Hall–Kier alpha value is -0.480. The van der Waals surface area contributed by atoms with Crippen molar-refractivity contribution in [2.24, 2.45) is 0 Å². The van der Waals surface area contributed by atoms with Crippen LogP contribution in [0.1, 0.15) is 38.8 Å². The van der Waals surface area contributed by atoms with Crippen LogP contribution in [0.5, 0.6) is 0 Å². The van der Waals surface area contributed by atoms with Crippen molar-refractivity contribution >= 4 is 40.7 Å². The second-order valence-corrected chi connectivity index (χ2v) is 5.92. The first-order valence-electron chi connectivity index (χ1n) is 7.06. The highest BCUT2D eigenvalue weighted by molar-refractivity contribution is 6.48. The fraction of sp³-hybridized carbons (Fsp3) is 0.533. The Bertz CT molecular complexity index is 490. The molecule has 0 radical (unpaired) electrons. The molecule has 0 saturated heterocycles. The Morgan fingerprint density at radius 1 is 1.19 bits per heavy atom. The van der Waals surface area contributed by atoms with Crippen LogP contribution in [0.2, 0.25) is 15.1 Å². The number of carbonyl (C=O) groups excluding carboxylic acids is 1. The lowest BCUT2D eigenvalue weighted by Gasteiger charge is -2.20. The number of nitrogens with one attached hydrogen (secondary N) is 1. The molecule has 0 aromatic heterocycles. The van der Waals surface area contributed by atoms with Crippen molar-refractivity contribution in [3.05, 3.63) is 32.8 Å². The van der Waals surface area contributed by atoms with E-state index in [4.69, 9.17) is 34.8 Å². The first-order chi connectivity index (χ1) is 9.92. The standard InChI is InChI=1S/C15H21Cl3N2O/c1-4-20(5-2)13(21)8-9-19-10(3)11-6-7-12(16)15(18)14(11)17/h6-7,10,19H,4-5,8-9H2,1-3H3. The van der Waals surface area contributed by atoms with E-state index < -0.39 is 0 Å². The quantitative estimate of drug-likeness (QED) is 0.731. The molecule has 0 fully saturated rings. The zero-order chi connectivity index (χ0) is 16.0. The number of hydrogen-bond donors (Lipinski definition) is 1. The first kappa shape index (κ1) is 18.6. The Labute approximate surface area is 141 Å². The van der Waals surface area contributed by atoms with Gasteiger partial charge < -0.3 is 10.2 Å². The number of hydrogen-bond acceptors (Lipinski definition) is 2. The van der Waals surface area contributed by atoms with Crippen LogP contribution in [0.25, 0.3) is 0 Å². The van der Waals surface area contributed by atoms with Gasteiger partial charge in [-0.15, -0.1) is 0 Å². The lowest BCUT2D eigenvalue weighted by atomic mass is 10.1. The lowest BCUT2D eigenvalue weighted by Crippen LogP contribution is -2.33. The summed E-state index contributed by atoms with van der Waals surface area (Å²) in [7, 11) is 0. The topological polar surface area (TPSA) is 32.3 Å². The highest BCUT2D eigenvalue weighted by Gasteiger charge is 2.15. The van der Waals surface area contributed by atoms with Crippen LogP contribution >= 0.6 is 34.8 Å².